The number of nitrogens with zero attached hydrogens (tertiary/aromatic N) is 3. The monoisotopic (exact) mass is 433 g/mol. The third-order valence-corrected chi connectivity index (χ3v) is 6.29. The number of carbonyl (C=O) groups excluding carboxylic acids is 2. The van der Waals surface area contributed by atoms with Crippen LogP contribution in [-0.2, 0) is 11.0 Å². The third kappa shape index (κ3) is 3.55. The van der Waals surface area contributed by atoms with Gasteiger partial charge in [0.15, 0.2) is 0 Å². The Kier molecular flexibility index (Phi) is 4.83. The van der Waals surface area contributed by atoms with E-state index in [9.17, 15) is 22.8 Å². The van der Waals surface area contributed by atoms with Crippen molar-refractivity contribution in [3.63, 3.8) is 0 Å². The van der Waals surface area contributed by atoms with Gasteiger partial charge in [-0.15, -0.1) is 0 Å². The number of rotatable bonds is 4. The van der Waals surface area contributed by atoms with Gasteiger partial charge in [0.05, 0.1) is 11.6 Å². The topological polar surface area (TPSA) is 107 Å². The molecule has 2 fully saturated rings. The van der Waals surface area contributed by atoms with E-state index in [1.165, 1.54) is 22.9 Å². The van der Waals surface area contributed by atoms with Crippen molar-refractivity contribution in [2.45, 2.75) is 31.5 Å². The van der Waals surface area contributed by atoms with Crippen LogP contribution in [0.5, 0.6) is 0 Å². The van der Waals surface area contributed by atoms with Gasteiger partial charge in [0.1, 0.15) is 17.1 Å². The lowest BCUT2D eigenvalue weighted by molar-refractivity contribution is -0.137. The van der Waals surface area contributed by atoms with Crippen molar-refractivity contribution in [3.8, 4) is 11.3 Å². The number of carbonyl (C=O) groups is 2. The summed E-state index contributed by atoms with van der Waals surface area (Å²) < 4.78 is 40.1. The number of aromatic nitrogens is 2. The molecule has 2 heterocycles. The Morgan fingerprint density at radius 3 is 2.42 bits per heavy atom. The zero-order valence-electron chi connectivity index (χ0n) is 16.7. The quantitative estimate of drug-likeness (QED) is 0.723. The van der Waals surface area contributed by atoms with E-state index in [1.54, 1.807) is 4.90 Å². The summed E-state index contributed by atoms with van der Waals surface area (Å²) >= 11 is 0. The van der Waals surface area contributed by atoms with Gasteiger partial charge < -0.3 is 16.4 Å². The average Bonchev–Trinajstić information content (AvgIpc) is 3.27. The smallest absolute Gasteiger partial charge is 0.383 e. The van der Waals surface area contributed by atoms with Crippen LogP contribution in [0.15, 0.2) is 36.9 Å². The highest BCUT2D eigenvalue weighted by Gasteiger charge is 2.50. The lowest BCUT2D eigenvalue weighted by atomic mass is 9.65. The average molecular weight is 433 g/mol. The highest BCUT2D eigenvalue weighted by atomic mass is 19.4. The number of nitrogen functional groups attached to an aromatic ring is 1. The van der Waals surface area contributed by atoms with Gasteiger partial charge in [-0.3, -0.25) is 9.59 Å². The molecule has 2 amide bonds. The number of amides is 2. The number of halogens is 3. The van der Waals surface area contributed by atoms with Crippen LogP contribution in [-0.4, -0.2) is 39.6 Å². The minimum absolute atomic E-state index is 0.00408. The fourth-order valence-corrected chi connectivity index (χ4v) is 4.69. The second-order valence-electron chi connectivity index (χ2n) is 8.27. The minimum atomic E-state index is -4.47. The molecule has 4 N–H and O–H groups in total. The van der Waals surface area contributed by atoms with Crippen LogP contribution in [0.1, 0.15) is 41.2 Å². The maximum Gasteiger partial charge on any atom is 0.416 e. The molecule has 1 aliphatic heterocycles. The van der Waals surface area contributed by atoms with Gasteiger partial charge in [-0.05, 0) is 42.9 Å². The number of anilines is 1. The number of benzene rings is 1. The van der Waals surface area contributed by atoms with Crippen molar-refractivity contribution in [1.29, 1.82) is 0 Å². The Morgan fingerprint density at radius 1 is 1.23 bits per heavy atom. The summed E-state index contributed by atoms with van der Waals surface area (Å²) in [5.74, 6) is -0.796. The molecule has 7 nitrogen and oxygen atoms in total. The molecule has 0 unspecified atom stereocenters. The molecule has 1 aromatic heterocycles. The first-order valence-corrected chi connectivity index (χ1v) is 9.81. The molecular weight excluding hydrogens is 411 g/mol. The molecule has 31 heavy (non-hydrogen) atoms. The second kappa shape index (κ2) is 7.14. The molecule has 1 saturated carbocycles. The fourth-order valence-electron chi connectivity index (χ4n) is 4.69. The van der Waals surface area contributed by atoms with Crippen LogP contribution in [0.4, 0.5) is 19.0 Å². The summed E-state index contributed by atoms with van der Waals surface area (Å²) in [6, 6.07) is 4.27. The highest BCUT2D eigenvalue weighted by Crippen LogP contribution is 2.54. The zero-order chi connectivity index (χ0) is 22.6. The standard InChI is InChI=1S/C21H22F3N5O2/c1-2-15(30)28-8-7-20(11-28)9-14(10-20)29-18(25)16(19(26)31)17(27-29)12-3-5-13(6-4-12)21(22,23)24/h2-6,14H,1,7-11,25H2,(H2,26,31)/t14-,20-. The predicted molar refractivity (Wildman–Crippen MR) is 108 cm³/mol. The number of likely N-dealkylation sites (tertiary alicyclic amines) is 1. The third-order valence-electron chi connectivity index (χ3n) is 6.29. The maximum atomic E-state index is 12.9. The molecule has 1 aliphatic carbocycles. The molecule has 0 bridgehead atoms. The maximum absolute atomic E-state index is 12.9. The molecule has 1 spiro atoms. The van der Waals surface area contributed by atoms with Crippen molar-refractivity contribution in [1.82, 2.24) is 14.7 Å². The van der Waals surface area contributed by atoms with Crippen LogP contribution in [0, 0.1) is 5.41 Å². The van der Waals surface area contributed by atoms with E-state index in [1.807, 2.05) is 0 Å². The molecule has 4 rings (SSSR count). The molecule has 0 atom stereocenters. The van der Waals surface area contributed by atoms with Gasteiger partial charge in [0.25, 0.3) is 5.91 Å². The van der Waals surface area contributed by atoms with E-state index in [4.69, 9.17) is 11.5 Å². The zero-order valence-corrected chi connectivity index (χ0v) is 16.7. The van der Waals surface area contributed by atoms with E-state index in [2.05, 4.69) is 11.7 Å². The number of hydrogen-bond acceptors (Lipinski definition) is 4. The lowest BCUT2D eigenvalue weighted by Gasteiger charge is -2.45. The Bertz CT molecular complexity index is 1050. The van der Waals surface area contributed by atoms with Gasteiger partial charge in [-0.2, -0.15) is 18.3 Å². The molecule has 10 heteroatoms. The first kappa shape index (κ1) is 21.0. The van der Waals surface area contributed by atoms with Crippen LogP contribution in [0.2, 0.25) is 0 Å². The van der Waals surface area contributed by atoms with Gasteiger partial charge in [-0.25, -0.2) is 4.68 Å². The van der Waals surface area contributed by atoms with Crippen molar-refractivity contribution in [3.05, 3.63) is 48.0 Å². The molecule has 2 aromatic rings. The summed E-state index contributed by atoms with van der Waals surface area (Å²) in [7, 11) is 0. The van der Waals surface area contributed by atoms with E-state index < -0.39 is 17.6 Å². The van der Waals surface area contributed by atoms with Crippen LogP contribution < -0.4 is 11.5 Å². The van der Waals surface area contributed by atoms with Gasteiger partial charge >= 0.3 is 6.18 Å². The van der Waals surface area contributed by atoms with E-state index in [0.717, 1.165) is 31.4 Å². The van der Waals surface area contributed by atoms with Crippen LogP contribution >= 0.6 is 0 Å². The number of primary amides is 1. The first-order chi connectivity index (χ1) is 14.5. The second-order valence-corrected chi connectivity index (χ2v) is 8.27. The Balaban J connectivity index is 1.59. The van der Waals surface area contributed by atoms with Crippen molar-refractivity contribution >= 4 is 17.6 Å². The summed E-state index contributed by atoms with van der Waals surface area (Å²) in [5.41, 5.74) is 11.3. The molecule has 0 radical (unpaired) electrons. The molecule has 164 valence electrons. The van der Waals surface area contributed by atoms with Crippen LogP contribution in [0.25, 0.3) is 11.3 Å². The summed E-state index contributed by atoms with van der Waals surface area (Å²) in [6.45, 7) is 4.81. The molecule has 2 aliphatic rings. The van der Waals surface area contributed by atoms with E-state index in [-0.39, 0.29) is 34.4 Å². The Morgan fingerprint density at radius 2 is 1.87 bits per heavy atom. The van der Waals surface area contributed by atoms with Gasteiger partial charge in [0.2, 0.25) is 5.91 Å². The number of hydrogen-bond donors (Lipinski definition) is 2. The Labute approximate surface area is 176 Å². The first-order valence-electron chi connectivity index (χ1n) is 9.81. The predicted octanol–water partition coefficient (Wildman–Crippen LogP) is 2.99. The number of alkyl halides is 3. The number of nitrogens with two attached hydrogens (primary N) is 2. The van der Waals surface area contributed by atoms with Crippen molar-refractivity contribution in [2.75, 3.05) is 18.8 Å². The normalized spacial score (nSPS) is 23.1. The fraction of sp³-hybridized carbons (Fsp3) is 0.381. The highest BCUT2D eigenvalue weighted by molar-refractivity contribution is 6.03. The van der Waals surface area contributed by atoms with E-state index >= 15 is 0 Å². The van der Waals surface area contributed by atoms with Crippen molar-refractivity contribution in [2.24, 2.45) is 11.1 Å². The SMILES string of the molecule is C=CC(=O)N1CC[C@]2(C1)C[C@H](n1nc(-c3ccc(C(F)(F)F)cc3)c(C(N)=O)c1N)C2. The largest absolute Gasteiger partial charge is 0.416 e. The van der Waals surface area contributed by atoms with Crippen LogP contribution in [0.3, 0.4) is 0 Å². The summed E-state index contributed by atoms with van der Waals surface area (Å²) in [5, 5.41) is 4.45. The minimum Gasteiger partial charge on any atom is -0.383 e. The molecule has 1 saturated heterocycles. The summed E-state index contributed by atoms with van der Waals surface area (Å²) in [6.07, 6.45) is -0.852. The Hall–Kier alpha value is -3.30. The van der Waals surface area contributed by atoms with Crippen molar-refractivity contribution < 1.29 is 22.8 Å². The summed E-state index contributed by atoms with van der Waals surface area (Å²) in [4.78, 5) is 25.7. The molecule has 1 aromatic carbocycles. The van der Waals surface area contributed by atoms with Gasteiger partial charge in [-0.1, -0.05) is 18.7 Å². The lowest BCUT2D eigenvalue weighted by Crippen LogP contribution is -2.42. The van der Waals surface area contributed by atoms with Gasteiger partial charge in [0, 0.05) is 18.7 Å². The molecular formula is C21H22F3N5O2. The van der Waals surface area contributed by atoms with E-state index in [0.29, 0.717) is 18.7 Å².